The number of methoxy groups -OCH3 is 1. The number of nitrogens with one attached hydrogen (secondary N) is 1. The van der Waals surface area contributed by atoms with Crippen LogP contribution in [-0.4, -0.2) is 94.9 Å². The van der Waals surface area contributed by atoms with Crippen LogP contribution < -0.4 is 10.1 Å². The minimum atomic E-state index is -1.13. The van der Waals surface area contributed by atoms with Crippen molar-refractivity contribution in [3.05, 3.63) is 66.4 Å². The first-order valence-electron chi connectivity index (χ1n) is 13.8. The molecular weight excluding hydrogens is 558 g/mol. The number of amides is 2. The minimum absolute atomic E-state index is 0.00413. The number of para-hydroxylation sites is 1. The van der Waals surface area contributed by atoms with Crippen LogP contribution in [0.3, 0.4) is 0 Å². The fourth-order valence-electron chi connectivity index (χ4n) is 4.50. The number of rotatable bonds is 11. The van der Waals surface area contributed by atoms with Crippen LogP contribution in [0.1, 0.15) is 30.3 Å². The monoisotopic (exact) mass is 591 g/mol. The number of carboxylic acids is 1. The fraction of sp³-hybridized carbons (Fsp3) is 0.333. The van der Waals surface area contributed by atoms with Gasteiger partial charge >= 0.3 is 12.1 Å². The zero-order valence-electron chi connectivity index (χ0n) is 23.9. The molecule has 4 rings (SSSR count). The van der Waals surface area contributed by atoms with Gasteiger partial charge in [0.1, 0.15) is 17.5 Å². The van der Waals surface area contributed by atoms with Crippen molar-refractivity contribution in [2.24, 2.45) is 0 Å². The Morgan fingerprint density at radius 2 is 1.67 bits per heavy atom. The molecule has 0 spiro atoms. The summed E-state index contributed by atoms with van der Waals surface area (Å²) < 4.78 is 10.3. The number of carbonyl (C=O) groups excluding carboxylic acids is 3. The normalized spacial score (nSPS) is 14.0. The number of ether oxygens (including phenoxy) is 2. The Morgan fingerprint density at radius 1 is 0.977 bits per heavy atom. The third kappa shape index (κ3) is 8.26. The molecule has 13 nitrogen and oxygen atoms in total. The first kappa shape index (κ1) is 30.9. The van der Waals surface area contributed by atoms with Crippen molar-refractivity contribution in [1.29, 1.82) is 0 Å². The van der Waals surface area contributed by atoms with Crippen LogP contribution in [0.15, 0.2) is 60.7 Å². The lowest BCUT2D eigenvalue weighted by molar-refractivity contribution is -0.157. The zero-order valence-corrected chi connectivity index (χ0v) is 23.9. The van der Waals surface area contributed by atoms with Crippen LogP contribution in [0.4, 0.5) is 4.79 Å². The van der Waals surface area contributed by atoms with Gasteiger partial charge in [0.15, 0.2) is 5.82 Å². The quantitative estimate of drug-likeness (QED) is 0.316. The maximum absolute atomic E-state index is 13.6. The molecule has 3 aromatic rings. The number of benzene rings is 2. The van der Waals surface area contributed by atoms with Crippen molar-refractivity contribution < 1.29 is 38.6 Å². The second-order valence-corrected chi connectivity index (χ2v) is 9.52. The summed E-state index contributed by atoms with van der Waals surface area (Å²) in [7, 11) is 1.53. The molecule has 43 heavy (non-hydrogen) atoms. The number of aliphatic carboxylic acids is 1. The molecule has 0 radical (unpaired) electrons. The average Bonchev–Trinajstić information content (AvgIpc) is 3.03. The highest BCUT2D eigenvalue weighted by molar-refractivity contribution is 5.97. The molecule has 0 aliphatic carbocycles. The highest BCUT2D eigenvalue weighted by Crippen LogP contribution is 2.30. The summed E-state index contributed by atoms with van der Waals surface area (Å²) >= 11 is 0. The summed E-state index contributed by atoms with van der Waals surface area (Å²) in [5.74, 6) is -1.38. The first-order valence-corrected chi connectivity index (χ1v) is 13.8. The molecule has 1 aliphatic rings. The van der Waals surface area contributed by atoms with Crippen LogP contribution in [0, 0.1) is 0 Å². The fourth-order valence-corrected chi connectivity index (χ4v) is 4.50. The number of piperazine rings is 1. The molecular formula is C30H33N5O8. The summed E-state index contributed by atoms with van der Waals surface area (Å²) in [5.41, 5.74) is 1.74. The van der Waals surface area contributed by atoms with Gasteiger partial charge in [-0.05, 0) is 31.5 Å². The number of hydroxylamine groups is 2. The summed E-state index contributed by atoms with van der Waals surface area (Å²) in [6.07, 6.45) is -1.30. The summed E-state index contributed by atoms with van der Waals surface area (Å²) in [6, 6.07) is 16.7. The molecule has 2 N–H and O–H groups in total. The molecule has 1 fully saturated rings. The highest BCUT2D eigenvalue weighted by atomic mass is 16.8. The third-order valence-electron chi connectivity index (χ3n) is 6.64. The van der Waals surface area contributed by atoms with Gasteiger partial charge in [-0.2, -0.15) is 0 Å². The lowest BCUT2D eigenvalue weighted by atomic mass is 10.1. The van der Waals surface area contributed by atoms with E-state index in [0.29, 0.717) is 28.4 Å². The number of carboxylic acid groups (broad SMARTS) is 1. The molecule has 0 bridgehead atoms. The molecule has 0 unspecified atom stereocenters. The predicted octanol–water partition coefficient (Wildman–Crippen LogP) is 3.01. The molecule has 2 aromatic carbocycles. The van der Waals surface area contributed by atoms with Crippen LogP contribution in [0.2, 0.25) is 0 Å². The predicted molar refractivity (Wildman–Crippen MR) is 154 cm³/mol. The number of hydrogen-bond acceptors (Lipinski definition) is 10. The molecule has 0 saturated carbocycles. The lowest BCUT2D eigenvalue weighted by Gasteiger charge is -2.35. The van der Waals surface area contributed by atoms with Crippen molar-refractivity contribution in [1.82, 2.24) is 25.2 Å². The Bertz CT molecular complexity index is 1440. The van der Waals surface area contributed by atoms with Crippen LogP contribution in [0.5, 0.6) is 5.75 Å². The van der Waals surface area contributed by atoms with Crippen molar-refractivity contribution in [3.63, 3.8) is 0 Å². The van der Waals surface area contributed by atoms with Gasteiger partial charge in [0.2, 0.25) is 5.91 Å². The Hall–Kier alpha value is -5.04. The largest absolute Gasteiger partial charge is 0.527 e. The second-order valence-electron chi connectivity index (χ2n) is 9.52. The SMILES string of the molecule is CCOC(=O)ON1CCN(C(=O)[C@H](CCC(=O)O)NC(=O)c2cc(-c3ccccc3OC)nc(-c3ccccc3)n2)CC1. The first-order chi connectivity index (χ1) is 20.8. The van der Waals surface area contributed by atoms with Crippen molar-refractivity contribution >= 4 is 23.9 Å². The van der Waals surface area contributed by atoms with Gasteiger partial charge in [0.05, 0.1) is 32.5 Å². The van der Waals surface area contributed by atoms with Gasteiger partial charge in [-0.1, -0.05) is 42.5 Å². The Balaban J connectivity index is 1.58. The van der Waals surface area contributed by atoms with E-state index in [9.17, 15) is 24.3 Å². The van der Waals surface area contributed by atoms with E-state index >= 15 is 0 Å². The topological polar surface area (TPSA) is 160 Å². The van der Waals surface area contributed by atoms with Gasteiger partial charge in [-0.3, -0.25) is 14.4 Å². The Labute approximate surface area is 248 Å². The van der Waals surface area contributed by atoms with Gasteiger partial charge in [-0.25, -0.2) is 14.8 Å². The molecule has 1 saturated heterocycles. The van der Waals surface area contributed by atoms with Crippen molar-refractivity contribution in [2.45, 2.75) is 25.8 Å². The molecule has 2 amide bonds. The van der Waals surface area contributed by atoms with Gasteiger partial charge in [0.25, 0.3) is 5.91 Å². The molecule has 13 heteroatoms. The average molecular weight is 592 g/mol. The van der Waals surface area contributed by atoms with E-state index in [1.807, 2.05) is 48.5 Å². The number of nitrogens with zero attached hydrogens (tertiary/aromatic N) is 4. The van der Waals surface area contributed by atoms with Crippen molar-refractivity contribution in [2.75, 3.05) is 39.9 Å². The van der Waals surface area contributed by atoms with E-state index in [4.69, 9.17) is 14.3 Å². The number of aromatic nitrogens is 2. The summed E-state index contributed by atoms with van der Waals surface area (Å²) in [5, 5.41) is 13.4. The third-order valence-corrected chi connectivity index (χ3v) is 6.64. The summed E-state index contributed by atoms with van der Waals surface area (Å²) in [4.78, 5) is 65.9. The molecule has 1 aliphatic heterocycles. The van der Waals surface area contributed by atoms with E-state index in [-0.39, 0.29) is 51.3 Å². The molecule has 2 heterocycles. The van der Waals surface area contributed by atoms with E-state index in [0.717, 1.165) is 0 Å². The van der Waals surface area contributed by atoms with Gasteiger partial charge in [-0.15, -0.1) is 5.06 Å². The van der Waals surface area contributed by atoms with Crippen LogP contribution in [-0.2, 0) is 19.2 Å². The maximum atomic E-state index is 13.6. The van der Waals surface area contributed by atoms with Crippen LogP contribution >= 0.6 is 0 Å². The smallest absolute Gasteiger partial charge is 0.496 e. The van der Waals surface area contributed by atoms with E-state index in [2.05, 4.69) is 15.3 Å². The highest BCUT2D eigenvalue weighted by Gasteiger charge is 2.31. The maximum Gasteiger partial charge on any atom is 0.527 e. The van der Waals surface area contributed by atoms with Gasteiger partial charge in [0, 0.05) is 30.6 Å². The Morgan fingerprint density at radius 3 is 2.35 bits per heavy atom. The van der Waals surface area contributed by atoms with Crippen LogP contribution in [0.25, 0.3) is 22.6 Å². The van der Waals surface area contributed by atoms with Gasteiger partial charge < -0.3 is 29.6 Å². The van der Waals surface area contributed by atoms with E-state index in [1.54, 1.807) is 13.0 Å². The second kappa shape index (κ2) is 14.7. The lowest BCUT2D eigenvalue weighted by Crippen LogP contribution is -2.55. The Kier molecular flexibility index (Phi) is 10.6. The standard InChI is InChI=1S/C30H33N5O8/c1-3-42-30(40)43-35-17-15-34(16-18-35)29(39)22(13-14-26(36)37)33-28(38)24-19-23(21-11-7-8-12-25(21)41-2)31-27(32-24)20-9-5-4-6-10-20/h4-12,19,22H,3,13-18H2,1-2H3,(H,33,38)(H,36,37)/t22-/m0/s1. The van der Waals surface area contributed by atoms with E-state index < -0.39 is 30.0 Å². The zero-order chi connectivity index (χ0) is 30.8. The minimum Gasteiger partial charge on any atom is -0.496 e. The van der Waals surface area contributed by atoms with E-state index in [1.165, 1.54) is 23.1 Å². The molecule has 1 aromatic heterocycles. The number of hydrogen-bond donors (Lipinski definition) is 2. The molecule has 226 valence electrons. The summed E-state index contributed by atoms with van der Waals surface area (Å²) in [6.45, 7) is 2.66. The number of carbonyl (C=O) groups is 4. The van der Waals surface area contributed by atoms with Crippen molar-refractivity contribution in [3.8, 4) is 28.4 Å². The molecule has 1 atom stereocenters.